The molecule has 0 radical (unpaired) electrons. The first-order valence-electron chi connectivity index (χ1n) is 9.60. The Labute approximate surface area is 178 Å². The standard InChI is InChI=1S/C23H20F3N3O2/c24-23(25,26)31-22-7-3-18(4-8-22)16-30-21-9-5-20(6-10-21)29-13-12-28(17-29)15-19-2-1-11-27-14-19/h1-14H,15-17H2. The minimum atomic E-state index is -4.69. The third-order valence-electron chi connectivity index (χ3n) is 4.63. The molecule has 3 aromatic rings. The van der Waals surface area contributed by atoms with Gasteiger partial charge >= 0.3 is 6.36 Å². The number of aromatic nitrogens is 1. The molecule has 5 nitrogen and oxygen atoms in total. The van der Waals surface area contributed by atoms with Gasteiger partial charge in [0.1, 0.15) is 18.1 Å². The second-order valence-electron chi connectivity index (χ2n) is 6.99. The van der Waals surface area contributed by atoms with E-state index in [0.29, 0.717) is 5.75 Å². The van der Waals surface area contributed by atoms with Gasteiger partial charge in [0.15, 0.2) is 0 Å². The van der Waals surface area contributed by atoms with Crippen molar-refractivity contribution in [3.05, 3.63) is 96.6 Å². The zero-order valence-corrected chi connectivity index (χ0v) is 16.5. The number of nitrogens with zero attached hydrogens (tertiary/aromatic N) is 3. The van der Waals surface area contributed by atoms with Gasteiger partial charge in [-0.3, -0.25) is 4.98 Å². The molecule has 1 aliphatic rings. The summed E-state index contributed by atoms with van der Waals surface area (Å²) in [5, 5.41) is 0. The van der Waals surface area contributed by atoms with Crippen molar-refractivity contribution < 1.29 is 22.6 Å². The molecule has 0 saturated carbocycles. The summed E-state index contributed by atoms with van der Waals surface area (Å²) < 4.78 is 46.2. The Morgan fingerprint density at radius 1 is 0.871 bits per heavy atom. The molecule has 0 bridgehead atoms. The summed E-state index contributed by atoms with van der Waals surface area (Å²) in [6.45, 7) is 1.77. The third kappa shape index (κ3) is 5.91. The van der Waals surface area contributed by atoms with Crippen LogP contribution in [0.2, 0.25) is 0 Å². The number of hydrogen-bond acceptors (Lipinski definition) is 5. The highest BCUT2D eigenvalue weighted by molar-refractivity contribution is 5.52. The van der Waals surface area contributed by atoms with Crippen LogP contribution in [-0.4, -0.2) is 22.9 Å². The largest absolute Gasteiger partial charge is 0.573 e. The van der Waals surface area contributed by atoms with E-state index >= 15 is 0 Å². The van der Waals surface area contributed by atoms with Crippen molar-refractivity contribution in [2.45, 2.75) is 19.5 Å². The quantitative estimate of drug-likeness (QED) is 0.511. The number of ether oxygens (including phenoxy) is 2. The summed E-state index contributed by atoms with van der Waals surface area (Å²) in [6, 6.07) is 17.3. The van der Waals surface area contributed by atoms with E-state index < -0.39 is 6.36 Å². The zero-order valence-electron chi connectivity index (χ0n) is 16.5. The Morgan fingerprint density at radius 2 is 1.61 bits per heavy atom. The fourth-order valence-corrected chi connectivity index (χ4v) is 3.15. The number of pyridine rings is 1. The van der Waals surface area contributed by atoms with Crippen LogP contribution in [0.1, 0.15) is 11.1 Å². The smallest absolute Gasteiger partial charge is 0.489 e. The average Bonchev–Trinajstić information content (AvgIpc) is 3.22. The van der Waals surface area contributed by atoms with E-state index in [1.54, 1.807) is 18.3 Å². The topological polar surface area (TPSA) is 37.8 Å². The van der Waals surface area contributed by atoms with Gasteiger partial charge in [-0.2, -0.15) is 0 Å². The molecule has 0 amide bonds. The van der Waals surface area contributed by atoms with Gasteiger partial charge in [0, 0.05) is 37.0 Å². The Hall–Kier alpha value is -3.68. The molecule has 4 rings (SSSR count). The third-order valence-corrected chi connectivity index (χ3v) is 4.63. The minimum absolute atomic E-state index is 0.244. The Balaban J connectivity index is 1.27. The number of anilines is 1. The van der Waals surface area contributed by atoms with E-state index in [-0.39, 0.29) is 12.4 Å². The highest BCUT2D eigenvalue weighted by Crippen LogP contribution is 2.25. The molecule has 0 aliphatic carbocycles. The van der Waals surface area contributed by atoms with Gasteiger partial charge in [0.2, 0.25) is 0 Å². The molecule has 31 heavy (non-hydrogen) atoms. The molecular formula is C23H20F3N3O2. The van der Waals surface area contributed by atoms with E-state index in [1.165, 1.54) is 12.1 Å². The van der Waals surface area contributed by atoms with Crippen molar-refractivity contribution in [3.63, 3.8) is 0 Å². The van der Waals surface area contributed by atoms with Crippen LogP contribution >= 0.6 is 0 Å². The molecule has 1 aromatic heterocycles. The van der Waals surface area contributed by atoms with Crippen LogP contribution in [-0.2, 0) is 13.2 Å². The molecule has 8 heteroatoms. The van der Waals surface area contributed by atoms with Crippen molar-refractivity contribution in [1.82, 2.24) is 9.88 Å². The van der Waals surface area contributed by atoms with Crippen LogP contribution in [0.5, 0.6) is 11.5 Å². The summed E-state index contributed by atoms with van der Waals surface area (Å²) in [7, 11) is 0. The number of halogens is 3. The monoisotopic (exact) mass is 427 g/mol. The fraction of sp³-hybridized carbons (Fsp3) is 0.174. The van der Waals surface area contributed by atoms with E-state index in [9.17, 15) is 13.2 Å². The van der Waals surface area contributed by atoms with Crippen molar-refractivity contribution in [3.8, 4) is 11.5 Å². The van der Waals surface area contributed by atoms with Crippen LogP contribution in [0.15, 0.2) is 85.5 Å². The first-order chi connectivity index (χ1) is 14.9. The van der Waals surface area contributed by atoms with Crippen molar-refractivity contribution in [2.24, 2.45) is 0 Å². The summed E-state index contributed by atoms with van der Waals surface area (Å²) in [5.74, 6) is 0.423. The van der Waals surface area contributed by atoms with E-state index in [1.807, 2.05) is 55.0 Å². The van der Waals surface area contributed by atoms with Gasteiger partial charge in [-0.25, -0.2) is 0 Å². The van der Waals surface area contributed by atoms with Crippen molar-refractivity contribution >= 4 is 5.69 Å². The summed E-state index contributed by atoms with van der Waals surface area (Å²) >= 11 is 0. The van der Waals surface area contributed by atoms with Gasteiger partial charge < -0.3 is 19.3 Å². The molecular weight excluding hydrogens is 407 g/mol. The Kier molecular flexibility index (Phi) is 5.97. The van der Waals surface area contributed by atoms with Gasteiger partial charge in [-0.05, 0) is 53.6 Å². The van der Waals surface area contributed by atoms with Gasteiger partial charge in [0.05, 0.1) is 6.67 Å². The first-order valence-corrected chi connectivity index (χ1v) is 9.60. The van der Waals surface area contributed by atoms with Crippen LogP contribution in [0.3, 0.4) is 0 Å². The van der Waals surface area contributed by atoms with Gasteiger partial charge in [-0.15, -0.1) is 13.2 Å². The Bertz CT molecular complexity index is 1010. The first kappa shape index (κ1) is 20.6. The predicted octanol–water partition coefficient (Wildman–Crippen LogP) is 5.31. The van der Waals surface area contributed by atoms with E-state index in [4.69, 9.17) is 4.74 Å². The van der Waals surface area contributed by atoms with Gasteiger partial charge in [-0.1, -0.05) is 18.2 Å². The van der Waals surface area contributed by atoms with Crippen LogP contribution < -0.4 is 14.4 Å². The maximum absolute atomic E-state index is 12.2. The highest BCUT2D eigenvalue weighted by Gasteiger charge is 2.30. The number of benzene rings is 2. The molecule has 2 aromatic carbocycles. The van der Waals surface area contributed by atoms with Crippen LogP contribution in [0, 0.1) is 0 Å². The SMILES string of the molecule is FC(F)(F)Oc1ccc(COc2ccc(N3C=CN(Cc4cccnc4)C3)cc2)cc1. The average molecular weight is 427 g/mol. The second-order valence-corrected chi connectivity index (χ2v) is 6.99. The van der Waals surface area contributed by atoms with Crippen LogP contribution in [0.25, 0.3) is 0 Å². The van der Waals surface area contributed by atoms with E-state index in [0.717, 1.165) is 30.0 Å². The molecule has 0 unspecified atom stereocenters. The minimum Gasteiger partial charge on any atom is -0.489 e. The van der Waals surface area contributed by atoms with Crippen LogP contribution in [0.4, 0.5) is 18.9 Å². The normalized spacial score (nSPS) is 13.5. The molecule has 0 fully saturated rings. The molecule has 0 N–H and O–H groups in total. The molecule has 0 spiro atoms. The summed E-state index contributed by atoms with van der Waals surface area (Å²) in [5.41, 5.74) is 2.92. The van der Waals surface area contributed by atoms with Crippen molar-refractivity contribution in [2.75, 3.05) is 11.6 Å². The molecule has 1 aliphatic heterocycles. The molecule has 0 atom stereocenters. The number of hydrogen-bond donors (Lipinski definition) is 0. The van der Waals surface area contributed by atoms with E-state index in [2.05, 4.69) is 19.5 Å². The lowest BCUT2D eigenvalue weighted by Gasteiger charge is -2.21. The summed E-state index contributed by atoms with van der Waals surface area (Å²) in [4.78, 5) is 8.45. The maximum atomic E-state index is 12.2. The lowest BCUT2D eigenvalue weighted by atomic mass is 10.2. The second kappa shape index (κ2) is 8.99. The zero-order chi connectivity index (χ0) is 21.7. The summed E-state index contributed by atoms with van der Waals surface area (Å²) in [6.07, 6.45) is 3.00. The lowest BCUT2D eigenvalue weighted by molar-refractivity contribution is -0.274. The maximum Gasteiger partial charge on any atom is 0.573 e. The highest BCUT2D eigenvalue weighted by atomic mass is 19.4. The number of rotatable bonds is 7. The molecule has 0 saturated heterocycles. The fourth-order valence-electron chi connectivity index (χ4n) is 3.15. The lowest BCUT2D eigenvalue weighted by Crippen LogP contribution is -2.24. The van der Waals surface area contributed by atoms with Gasteiger partial charge in [0.25, 0.3) is 0 Å². The predicted molar refractivity (Wildman–Crippen MR) is 110 cm³/mol. The molecule has 160 valence electrons. The van der Waals surface area contributed by atoms with Crippen molar-refractivity contribution in [1.29, 1.82) is 0 Å². The molecule has 2 heterocycles. The number of alkyl halides is 3. The Morgan fingerprint density at radius 3 is 2.29 bits per heavy atom.